The molecule has 4 aromatic heterocycles. The van der Waals surface area contributed by atoms with Crippen LogP contribution in [-0.4, -0.2) is 63.5 Å². The molecule has 7 aromatic rings. The van der Waals surface area contributed by atoms with E-state index in [1.165, 1.54) is 29.1 Å². The molecule has 0 unspecified atom stereocenters. The highest BCUT2D eigenvalue weighted by Crippen LogP contribution is 2.35. The summed E-state index contributed by atoms with van der Waals surface area (Å²) in [5.74, 6) is -1.49. The van der Waals surface area contributed by atoms with Crippen LogP contribution in [0.1, 0.15) is 27.4 Å². The van der Waals surface area contributed by atoms with Crippen molar-refractivity contribution in [2.45, 2.75) is 31.2 Å². The zero-order valence-corrected chi connectivity index (χ0v) is 34.7. The number of carbonyl (C=O) groups is 1. The van der Waals surface area contributed by atoms with Gasteiger partial charge in [-0.3, -0.25) is 14.2 Å². The van der Waals surface area contributed by atoms with Crippen LogP contribution in [0.3, 0.4) is 0 Å². The van der Waals surface area contributed by atoms with E-state index in [-0.39, 0.29) is 28.8 Å². The summed E-state index contributed by atoms with van der Waals surface area (Å²) in [6.45, 7) is 3.81. The van der Waals surface area contributed by atoms with Gasteiger partial charge in [-0.15, -0.1) is 0 Å². The molecule has 20 heteroatoms. The van der Waals surface area contributed by atoms with Gasteiger partial charge in [-0.25, -0.2) is 27.3 Å². The van der Waals surface area contributed by atoms with Crippen molar-refractivity contribution in [1.82, 2.24) is 34.8 Å². The molecule has 3 aromatic carbocycles. The smallest absolute Gasteiger partial charge is 0.287 e. The highest BCUT2D eigenvalue weighted by Gasteiger charge is 2.23. The quantitative estimate of drug-likeness (QED) is 0.108. The molecule has 7 rings (SSSR count). The van der Waals surface area contributed by atoms with Gasteiger partial charge < -0.3 is 25.7 Å². The van der Waals surface area contributed by atoms with E-state index in [9.17, 15) is 22.0 Å². The summed E-state index contributed by atoms with van der Waals surface area (Å²) in [5.41, 5.74) is 11.2. The lowest BCUT2D eigenvalue weighted by Gasteiger charge is -2.19. The van der Waals surface area contributed by atoms with E-state index in [1.54, 1.807) is 38.4 Å². The van der Waals surface area contributed by atoms with Gasteiger partial charge in [0.2, 0.25) is 21.2 Å². The van der Waals surface area contributed by atoms with Gasteiger partial charge in [-0.1, -0.05) is 23.7 Å². The number of aromatic nitrogens is 6. The largest absolute Gasteiger partial charge is 0.439 e. The predicted molar refractivity (Wildman–Crippen MR) is 223 cm³/mol. The highest BCUT2D eigenvalue weighted by molar-refractivity contribution is 7.89. The van der Waals surface area contributed by atoms with Crippen molar-refractivity contribution in [3.63, 3.8) is 0 Å². The number of furan rings is 1. The van der Waals surface area contributed by atoms with E-state index in [2.05, 4.69) is 30.8 Å². The van der Waals surface area contributed by atoms with Crippen molar-refractivity contribution < 1.29 is 26.4 Å². The van der Waals surface area contributed by atoms with Crippen molar-refractivity contribution in [1.29, 1.82) is 0 Å². The Kier molecular flexibility index (Phi) is 12.7. The van der Waals surface area contributed by atoms with Crippen LogP contribution < -0.4 is 26.4 Å². The van der Waals surface area contributed by atoms with Crippen LogP contribution in [0.2, 0.25) is 10.2 Å². The van der Waals surface area contributed by atoms with Crippen molar-refractivity contribution in [3.8, 4) is 11.3 Å². The number of amides is 1. The molecule has 4 heterocycles. The molecule has 0 aliphatic rings. The van der Waals surface area contributed by atoms with Crippen molar-refractivity contribution in [2.75, 3.05) is 23.8 Å². The normalized spacial score (nSPS) is 11.9. The number of fused-ring (bicyclic) bond motifs is 1. The summed E-state index contributed by atoms with van der Waals surface area (Å²) < 4.78 is 58.7. The maximum atomic E-state index is 13.4. The first-order valence-corrected chi connectivity index (χ1v) is 20.1. The predicted octanol–water partition coefficient (Wildman–Crippen LogP) is 6.70. The minimum Gasteiger partial charge on any atom is -0.439 e. The fourth-order valence-corrected chi connectivity index (χ4v) is 7.43. The van der Waals surface area contributed by atoms with E-state index < -0.39 is 33.6 Å². The third-order valence-corrected chi connectivity index (χ3v) is 11.0. The maximum absolute atomic E-state index is 13.4. The Morgan fingerprint density at radius 1 is 1.00 bits per heavy atom. The van der Waals surface area contributed by atoms with Gasteiger partial charge >= 0.3 is 0 Å². The molecule has 6 N–H and O–H groups in total. The maximum Gasteiger partial charge on any atom is 0.287 e. The second-order valence-electron chi connectivity index (χ2n) is 13.5. The van der Waals surface area contributed by atoms with E-state index in [1.807, 2.05) is 48.8 Å². The number of nitrogens with two attached hydrogens (primary N) is 2. The molecule has 0 saturated heterocycles. The van der Waals surface area contributed by atoms with Gasteiger partial charge in [-0.05, 0) is 91.5 Å². The van der Waals surface area contributed by atoms with Gasteiger partial charge in [0.05, 0.1) is 32.9 Å². The average molecular weight is 867 g/mol. The average Bonchev–Trinajstić information content (AvgIpc) is 3.84. The van der Waals surface area contributed by atoms with Gasteiger partial charge in [-0.2, -0.15) is 15.2 Å². The van der Waals surface area contributed by atoms with E-state index in [4.69, 9.17) is 38.5 Å². The molecule has 1 amide bonds. The van der Waals surface area contributed by atoms with E-state index in [0.717, 1.165) is 34.4 Å². The van der Waals surface area contributed by atoms with Crippen LogP contribution in [-0.2, 0) is 30.5 Å². The minimum absolute atomic E-state index is 0.0134. The molecule has 0 aliphatic carbocycles. The lowest BCUT2D eigenvalue weighted by atomic mass is 10.1. The first kappa shape index (κ1) is 42.7. The van der Waals surface area contributed by atoms with E-state index >= 15 is 0 Å². The summed E-state index contributed by atoms with van der Waals surface area (Å²) in [6, 6.07) is 17.2. The van der Waals surface area contributed by atoms with Gasteiger partial charge in [0.15, 0.2) is 17.4 Å². The number of halogens is 4. The van der Waals surface area contributed by atoms with E-state index in [0.29, 0.717) is 44.9 Å². The Morgan fingerprint density at radius 3 is 2.44 bits per heavy atom. The lowest BCUT2D eigenvalue weighted by molar-refractivity contribution is 0.0910. The van der Waals surface area contributed by atoms with Crippen LogP contribution in [0.5, 0.6) is 0 Å². The summed E-state index contributed by atoms with van der Waals surface area (Å²) in [5, 5.41) is 21.0. The number of hydrogen-bond acceptors (Lipinski definition) is 11. The minimum atomic E-state index is -3.82. The number of carbonyl (C=O) groups excluding carboxylic acids is 1. The molecule has 1 atom stereocenters. The first-order chi connectivity index (χ1) is 27.9. The molecule has 0 saturated carbocycles. The van der Waals surface area contributed by atoms with Crippen LogP contribution >= 0.6 is 23.2 Å². The Labute approximate surface area is 348 Å². The number of nitrogens with one attached hydrogen (secondary N) is 2. The molecular weight excluding hydrogens is 827 g/mol. The van der Waals surface area contributed by atoms with Crippen LogP contribution in [0.4, 0.5) is 31.9 Å². The molecule has 0 spiro atoms. The van der Waals surface area contributed by atoms with Crippen molar-refractivity contribution in [3.05, 3.63) is 124 Å². The summed E-state index contributed by atoms with van der Waals surface area (Å²) in [7, 11) is 1.69. The number of sulfonamides is 1. The summed E-state index contributed by atoms with van der Waals surface area (Å²) >= 11 is 12.2. The molecule has 308 valence electrons. The molecular formula is C39H39Cl2F2N11O4S. The molecule has 15 nitrogen and oxygen atoms in total. The Morgan fingerprint density at radius 2 is 1.76 bits per heavy atom. The van der Waals surface area contributed by atoms with Gasteiger partial charge in [0.25, 0.3) is 5.91 Å². The number of primary sulfonamides is 1. The third-order valence-electron chi connectivity index (χ3n) is 9.38. The van der Waals surface area contributed by atoms with Gasteiger partial charge in [0.1, 0.15) is 5.82 Å². The molecule has 0 bridgehead atoms. The fraction of sp³-hybridized carbons (Fsp3) is 0.205. The van der Waals surface area contributed by atoms with Gasteiger partial charge in [0, 0.05) is 68.4 Å². The Balaban J connectivity index is 0.000000199. The monoisotopic (exact) mass is 865 g/mol. The van der Waals surface area contributed by atoms with Crippen LogP contribution in [0.15, 0.2) is 88.4 Å². The Bertz CT molecular complexity index is 2770. The number of hydrogen-bond donors (Lipinski definition) is 4. The Hall–Kier alpha value is -5.92. The second-order valence-corrected chi connectivity index (χ2v) is 15.8. The SMILES string of the molecule is Cc1ccc(Nc2nccc(N(C)c3ccc4c(C)n(C)nc4c3)n2)cc1S(N)(=O)=O.Cn1ncc(Cl)c1-c1cc(C(=O)N[C@H](CN)Cc2ccc(F)c(F)c2)oc1Cl. The summed E-state index contributed by atoms with van der Waals surface area (Å²) in [4.78, 5) is 23.3. The number of nitrogens with zero attached hydrogens (tertiary/aromatic N) is 7. The van der Waals surface area contributed by atoms with Crippen molar-refractivity contribution >= 4 is 73.2 Å². The number of benzene rings is 3. The molecule has 59 heavy (non-hydrogen) atoms. The van der Waals surface area contributed by atoms with Crippen molar-refractivity contribution in [2.24, 2.45) is 25.0 Å². The standard InChI is InChI=1S/C21H23N7O2S.C18H16Cl2F2N4O2/c1-13-5-6-15(11-19(13)31(22,29)30)24-21-23-10-9-20(25-21)27(3)16-7-8-17-14(2)28(4)26-18(17)12-16;1-26-16(12(19)8-24-26)11-6-15(28-17(11)20)18(27)25-10(7-23)4-9-2-3-13(21)14(22)5-9/h5-12H,1-4H3,(H2,22,29,30)(H,23,24,25);2-3,5-6,8,10H,4,7,23H2,1H3,(H,25,27)/t;10-/m.0/s1. The van der Waals surface area contributed by atoms with Crippen LogP contribution in [0.25, 0.3) is 22.2 Å². The second kappa shape index (κ2) is 17.5. The molecule has 0 fully saturated rings. The number of rotatable bonds is 11. The van der Waals surface area contributed by atoms with Crippen LogP contribution in [0, 0.1) is 25.5 Å². The first-order valence-electron chi connectivity index (χ1n) is 17.8. The number of anilines is 4. The highest BCUT2D eigenvalue weighted by atomic mass is 35.5. The summed E-state index contributed by atoms with van der Waals surface area (Å²) in [6.07, 6.45) is 3.31. The topological polar surface area (TPSA) is 205 Å². The lowest BCUT2D eigenvalue weighted by Crippen LogP contribution is -2.41. The number of aryl methyl sites for hydroxylation is 4. The third kappa shape index (κ3) is 9.69. The molecule has 0 radical (unpaired) electrons. The zero-order chi connectivity index (χ0) is 42.8. The fourth-order valence-electron chi connectivity index (χ4n) is 6.13. The molecule has 0 aliphatic heterocycles. The zero-order valence-electron chi connectivity index (χ0n) is 32.3.